The number of β-lactam (4-membered cyclic amide) rings is 1. The number of thiazole rings is 1. The van der Waals surface area contributed by atoms with Crippen LogP contribution in [0.5, 0.6) is 11.5 Å². The number of hydrogen-bond donors (Lipinski definition) is 6. The molecule has 0 spiro atoms. The van der Waals surface area contributed by atoms with Crippen molar-refractivity contribution in [3.8, 4) is 11.5 Å². The van der Waals surface area contributed by atoms with Gasteiger partial charge in [0.1, 0.15) is 23.7 Å². The number of amides is 3. The summed E-state index contributed by atoms with van der Waals surface area (Å²) in [6.45, 7) is 7.38. The number of fused-ring (bicyclic) bond motifs is 1. The number of phenolic OH excluding ortho intramolecular Hbond substituents is 2. The number of carboxylic acids is 1. The number of thioether (sulfide) groups is 1. The number of nitrogens with one attached hydrogen (secondary N) is 2. The van der Waals surface area contributed by atoms with Gasteiger partial charge in [0.2, 0.25) is 5.60 Å². The molecular formula is C33H42N7O9S2+. The van der Waals surface area contributed by atoms with Crippen LogP contribution < -0.4 is 16.4 Å². The Morgan fingerprint density at radius 3 is 2.61 bits per heavy atom. The number of nitrogen functional groups attached to an aromatic ring is 1. The van der Waals surface area contributed by atoms with Crippen molar-refractivity contribution in [3.05, 3.63) is 45.6 Å². The molecule has 51 heavy (non-hydrogen) atoms. The number of aromatic nitrogens is 1. The SMILES string of the molecule is CC[C@@H]1C[C@H](NC(=O)c2ccc(O)c(O)c2C)CC[N+]1(C)CC1=C(C=O)N2C(=O)[C@@H](NC(=O)/C(=N\OC(C)(C)C(=O)O)c3csc(N)n3)[C@H]2SC1. The van der Waals surface area contributed by atoms with Crippen molar-refractivity contribution in [2.75, 3.05) is 31.6 Å². The smallest absolute Gasteiger partial charge is 0.350 e. The van der Waals surface area contributed by atoms with Gasteiger partial charge in [-0.15, -0.1) is 23.1 Å². The molecule has 1 aromatic heterocycles. The Kier molecular flexibility index (Phi) is 10.7. The first-order valence-corrected chi connectivity index (χ1v) is 18.2. The molecule has 0 radical (unpaired) electrons. The molecule has 2 aromatic rings. The average Bonchev–Trinajstić information content (AvgIpc) is 3.52. The van der Waals surface area contributed by atoms with Crippen LogP contribution in [0.15, 0.2) is 33.9 Å². The molecule has 0 aliphatic carbocycles. The third-order valence-electron chi connectivity index (χ3n) is 9.79. The lowest BCUT2D eigenvalue weighted by molar-refractivity contribution is -0.934. The minimum atomic E-state index is -1.76. The topological polar surface area (TPSA) is 234 Å². The predicted molar refractivity (Wildman–Crippen MR) is 189 cm³/mol. The maximum atomic E-state index is 13.5. The number of aromatic hydroxyl groups is 2. The van der Waals surface area contributed by atoms with E-state index in [0.717, 1.165) is 23.3 Å². The molecule has 1 aromatic carbocycles. The van der Waals surface area contributed by atoms with E-state index in [1.807, 2.05) is 0 Å². The van der Waals surface area contributed by atoms with Crippen LogP contribution in [0, 0.1) is 6.92 Å². The van der Waals surface area contributed by atoms with Crippen molar-refractivity contribution < 1.29 is 48.6 Å². The fourth-order valence-electron chi connectivity index (χ4n) is 6.64. The van der Waals surface area contributed by atoms with Crippen molar-refractivity contribution >= 4 is 63.9 Å². The highest BCUT2D eigenvalue weighted by Crippen LogP contribution is 2.41. The number of carbonyl (C=O) groups is 5. The number of hydrogen-bond acceptors (Lipinski definition) is 13. The quantitative estimate of drug-likeness (QED) is 0.0455. The molecule has 16 nitrogen and oxygen atoms in total. The summed E-state index contributed by atoms with van der Waals surface area (Å²) < 4.78 is 0.602. The van der Waals surface area contributed by atoms with E-state index < -0.39 is 34.8 Å². The van der Waals surface area contributed by atoms with Crippen LogP contribution >= 0.6 is 23.1 Å². The van der Waals surface area contributed by atoms with E-state index in [0.29, 0.717) is 48.0 Å². The summed E-state index contributed by atoms with van der Waals surface area (Å²) in [6, 6.07) is 1.79. The standard InChI is InChI=1S/C33H41N7O9S2/c1-6-19-11-18(35-27(44)20-7-8-23(42)26(43)16(20)2)9-10-40(19,5)12-17-14-50-30-25(29(46)39(30)22(17)13-41)37-28(45)24(21-15-51-32(34)36-21)38-49-33(3,4)31(47)48/h7-8,13,15,18-19,25,30H,6,9-12,14H2,1-5H3,(H6-,34,35,36,37,38,42,43,44,45,47,48)/p+1/t18-,19-,25-,30-,40?/m1/s1. The largest absolute Gasteiger partial charge is 0.504 e. The Morgan fingerprint density at radius 1 is 1.25 bits per heavy atom. The number of quaternary nitrogens is 1. The number of likely N-dealkylation sites (tertiary alicyclic amines) is 1. The minimum Gasteiger partial charge on any atom is -0.504 e. The van der Waals surface area contributed by atoms with Gasteiger partial charge in [0.15, 0.2) is 28.6 Å². The molecular weight excluding hydrogens is 703 g/mol. The predicted octanol–water partition coefficient (Wildman–Crippen LogP) is 1.70. The molecule has 4 heterocycles. The maximum Gasteiger partial charge on any atom is 0.350 e. The van der Waals surface area contributed by atoms with Crippen molar-refractivity contribution in [3.63, 3.8) is 0 Å². The first kappa shape index (κ1) is 37.6. The number of aldehydes is 1. The number of phenols is 2. The number of allylic oxidation sites excluding steroid dienone is 1. The number of anilines is 1. The summed E-state index contributed by atoms with van der Waals surface area (Å²) in [5.74, 6) is -3.10. The average molecular weight is 745 g/mol. The van der Waals surface area contributed by atoms with Crippen LogP contribution in [0.2, 0.25) is 0 Å². The monoisotopic (exact) mass is 744 g/mol. The van der Waals surface area contributed by atoms with Crippen molar-refractivity contribution in [2.45, 2.75) is 76.1 Å². The number of oxime groups is 1. The summed E-state index contributed by atoms with van der Waals surface area (Å²) in [5.41, 5.74) is 5.35. The molecule has 5 atom stereocenters. The number of benzene rings is 1. The van der Waals surface area contributed by atoms with Gasteiger partial charge in [-0.1, -0.05) is 12.1 Å². The van der Waals surface area contributed by atoms with E-state index >= 15 is 0 Å². The zero-order valence-electron chi connectivity index (χ0n) is 28.8. The zero-order valence-corrected chi connectivity index (χ0v) is 30.5. The molecule has 3 amide bonds. The number of likely N-dealkylation sites (N-methyl/N-ethyl adjacent to an activating group) is 1. The zero-order chi connectivity index (χ0) is 37.4. The molecule has 0 saturated carbocycles. The van der Waals surface area contributed by atoms with Crippen LogP contribution in [0.4, 0.5) is 5.13 Å². The van der Waals surface area contributed by atoms with Gasteiger partial charge in [-0.3, -0.25) is 24.1 Å². The van der Waals surface area contributed by atoms with Crippen molar-refractivity contribution in [1.29, 1.82) is 0 Å². The Labute approximate surface area is 302 Å². The van der Waals surface area contributed by atoms with E-state index in [9.17, 15) is 39.3 Å². The molecule has 7 N–H and O–H groups in total. The molecule has 2 saturated heterocycles. The lowest BCUT2D eigenvalue weighted by atomic mass is 9.91. The second-order valence-electron chi connectivity index (χ2n) is 13.6. The van der Waals surface area contributed by atoms with Gasteiger partial charge < -0.3 is 41.0 Å². The van der Waals surface area contributed by atoms with Crippen LogP contribution in [-0.4, -0.2) is 120 Å². The molecule has 3 aliphatic rings. The summed E-state index contributed by atoms with van der Waals surface area (Å²) in [6.07, 6.45) is 2.83. The van der Waals surface area contributed by atoms with Gasteiger partial charge in [0, 0.05) is 46.7 Å². The number of nitrogens with zero attached hydrogens (tertiary/aromatic N) is 4. The summed E-state index contributed by atoms with van der Waals surface area (Å²) in [4.78, 5) is 74.7. The lowest BCUT2D eigenvalue weighted by Gasteiger charge is -2.51. The molecule has 0 bridgehead atoms. The normalized spacial score (nSPS) is 25.1. The Bertz CT molecular complexity index is 1830. The number of aliphatic carboxylic acids is 1. The number of piperidine rings is 1. The third-order valence-corrected chi connectivity index (χ3v) is 11.8. The highest BCUT2D eigenvalue weighted by atomic mass is 32.2. The Hall–Kier alpha value is -4.68. The Balaban J connectivity index is 1.27. The fraction of sp³-hybridized carbons (Fsp3) is 0.485. The maximum absolute atomic E-state index is 13.5. The highest BCUT2D eigenvalue weighted by molar-refractivity contribution is 8.00. The van der Waals surface area contributed by atoms with E-state index in [2.05, 4.69) is 34.7 Å². The number of carboxylic acid groups (broad SMARTS) is 1. The number of rotatable bonds is 12. The Morgan fingerprint density at radius 2 is 1.98 bits per heavy atom. The van der Waals surface area contributed by atoms with Gasteiger partial charge in [0.05, 0.1) is 25.3 Å². The van der Waals surface area contributed by atoms with Gasteiger partial charge in [-0.25, -0.2) is 9.78 Å². The number of nitrogens with two attached hydrogens (primary N) is 1. The van der Waals surface area contributed by atoms with E-state index in [1.54, 1.807) is 6.92 Å². The minimum absolute atomic E-state index is 0.0485. The number of carbonyl (C=O) groups excluding carboxylic acids is 4. The van der Waals surface area contributed by atoms with Gasteiger partial charge >= 0.3 is 5.97 Å². The molecule has 1 unspecified atom stereocenters. The van der Waals surface area contributed by atoms with Crippen LogP contribution in [-0.2, 0) is 24.0 Å². The van der Waals surface area contributed by atoms with Crippen LogP contribution in [0.1, 0.15) is 61.6 Å². The first-order chi connectivity index (χ1) is 24.0. The van der Waals surface area contributed by atoms with Gasteiger partial charge in [-0.05, 0) is 39.3 Å². The summed E-state index contributed by atoms with van der Waals surface area (Å²) >= 11 is 2.46. The fourth-order valence-corrected chi connectivity index (χ4v) is 8.54. The summed E-state index contributed by atoms with van der Waals surface area (Å²) in [7, 11) is 2.11. The van der Waals surface area contributed by atoms with E-state index in [1.165, 1.54) is 48.0 Å². The molecule has 274 valence electrons. The molecule has 2 fully saturated rings. The third kappa shape index (κ3) is 7.38. The first-order valence-electron chi connectivity index (χ1n) is 16.3. The van der Waals surface area contributed by atoms with E-state index in [4.69, 9.17) is 10.6 Å². The van der Waals surface area contributed by atoms with Crippen LogP contribution in [0.25, 0.3) is 0 Å². The second-order valence-corrected chi connectivity index (χ2v) is 15.6. The highest BCUT2D eigenvalue weighted by Gasteiger charge is 2.54. The van der Waals surface area contributed by atoms with Crippen molar-refractivity contribution in [2.24, 2.45) is 5.16 Å². The molecule has 3 aliphatic heterocycles. The second kappa shape index (κ2) is 14.5. The van der Waals surface area contributed by atoms with Gasteiger partial charge in [-0.2, -0.15) is 0 Å². The molecule has 5 rings (SSSR count). The van der Waals surface area contributed by atoms with Crippen molar-refractivity contribution in [1.82, 2.24) is 20.5 Å². The summed E-state index contributed by atoms with van der Waals surface area (Å²) in [5, 5.41) is 39.8. The van der Waals surface area contributed by atoms with Crippen LogP contribution in [0.3, 0.4) is 0 Å². The van der Waals surface area contributed by atoms with E-state index in [-0.39, 0.29) is 57.3 Å². The lowest BCUT2D eigenvalue weighted by Crippen LogP contribution is -2.71. The van der Waals surface area contributed by atoms with Gasteiger partial charge in [0.25, 0.3) is 17.7 Å². The molecule has 18 heteroatoms.